The fraction of sp³-hybridized carbons (Fsp3) is 0.533. The van der Waals surface area contributed by atoms with E-state index in [0.717, 1.165) is 18.4 Å². The van der Waals surface area contributed by atoms with E-state index in [4.69, 9.17) is 10.5 Å². The number of hydrogen-bond donors (Lipinski definition) is 2. The molecule has 0 spiro atoms. The Bertz CT molecular complexity index is 453. The molecule has 0 radical (unpaired) electrons. The fourth-order valence-electron chi connectivity index (χ4n) is 2.53. The van der Waals surface area contributed by atoms with E-state index in [9.17, 15) is 4.79 Å². The average Bonchev–Trinajstić information content (AvgIpc) is 2.88. The van der Waals surface area contributed by atoms with Crippen molar-refractivity contribution in [3.05, 3.63) is 35.4 Å². The summed E-state index contributed by atoms with van der Waals surface area (Å²) in [6, 6.07) is 8.07. The molecule has 1 aliphatic rings. The maximum Gasteiger partial charge on any atom is 0.249 e. The van der Waals surface area contributed by atoms with E-state index >= 15 is 0 Å². The van der Waals surface area contributed by atoms with Gasteiger partial charge in [-0.05, 0) is 37.8 Å². The highest BCUT2D eigenvalue weighted by Crippen LogP contribution is 2.21. The van der Waals surface area contributed by atoms with Crippen LogP contribution in [-0.2, 0) is 9.53 Å². The van der Waals surface area contributed by atoms with E-state index < -0.39 is 0 Å². The molecule has 3 N–H and O–H groups in total. The number of nitrogens with two attached hydrogens (primary N) is 1. The van der Waals surface area contributed by atoms with Gasteiger partial charge < -0.3 is 15.8 Å². The van der Waals surface area contributed by atoms with Gasteiger partial charge in [0, 0.05) is 6.54 Å². The maximum atomic E-state index is 12.1. The van der Waals surface area contributed by atoms with Crippen molar-refractivity contribution in [1.82, 2.24) is 5.32 Å². The molecule has 1 amide bonds. The topological polar surface area (TPSA) is 64.4 Å². The van der Waals surface area contributed by atoms with E-state index in [1.807, 2.05) is 25.1 Å². The molecule has 2 rings (SSSR count). The molecule has 1 aromatic carbocycles. The Balaban J connectivity index is 0.00000200. The second kappa shape index (κ2) is 7.62. The third-order valence-corrected chi connectivity index (χ3v) is 3.68. The summed E-state index contributed by atoms with van der Waals surface area (Å²) in [5, 5.41) is 3.02. The van der Waals surface area contributed by atoms with Crippen molar-refractivity contribution in [2.45, 2.75) is 44.9 Å². The van der Waals surface area contributed by atoms with E-state index in [0.29, 0.717) is 6.54 Å². The van der Waals surface area contributed by atoms with Gasteiger partial charge >= 0.3 is 0 Å². The van der Waals surface area contributed by atoms with Crippen molar-refractivity contribution in [3.8, 4) is 0 Å². The molecule has 1 aromatic rings. The third-order valence-electron chi connectivity index (χ3n) is 3.68. The summed E-state index contributed by atoms with van der Waals surface area (Å²) < 4.78 is 5.60. The first-order valence-corrected chi connectivity index (χ1v) is 6.83. The summed E-state index contributed by atoms with van der Waals surface area (Å²) in [7, 11) is 0. The van der Waals surface area contributed by atoms with Gasteiger partial charge in [-0.2, -0.15) is 0 Å². The number of aryl methyl sites for hydroxylation is 1. The highest BCUT2D eigenvalue weighted by Gasteiger charge is 2.30. The smallest absolute Gasteiger partial charge is 0.249 e. The minimum absolute atomic E-state index is 0. The molecule has 5 heteroatoms. The van der Waals surface area contributed by atoms with Crippen molar-refractivity contribution in [2.24, 2.45) is 5.73 Å². The molecule has 20 heavy (non-hydrogen) atoms. The van der Waals surface area contributed by atoms with Gasteiger partial charge in [-0.1, -0.05) is 24.3 Å². The molecule has 1 aliphatic heterocycles. The normalized spacial score (nSPS) is 22.9. The van der Waals surface area contributed by atoms with Crippen LogP contribution in [0.25, 0.3) is 0 Å². The van der Waals surface area contributed by atoms with E-state index in [1.54, 1.807) is 0 Å². The van der Waals surface area contributed by atoms with Gasteiger partial charge in [-0.25, -0.2) is 0 Å². The van der Waals surface area contributed by atoms with Gasteiger partial charge in [0.15, 0.2) is 0 Å². The molecule has 1 saturated heterocycles. The van der Waals surface area contributed by atoms with Crippen LogP contribution in [-0.4, -0.2) is 24.7 Å². The first kappa shape index (κ1) is 17.0. The molecule has 0 aromatic heterocycles. The Morgan fingerprint density at radius 2 is 2.15 bits per heavy atom. The molecule has 0 bridgehead atoms. The van der Waals surface area contributed by atoms with Crippen LogP contribution in [0.15, 0.2) is 24.3 Å². The number of benzene rings is 1. The van der Waals surface area contributed by atoms with Crippen LogP contribution < -0.4 is 11.1 Å². The quantitative estimate of drug-likeness (QED) is 0.895. The van der Waals surface area contributed by atoms with Gasteiger partial charge in [-0.3, -0.25) is 4.79 Å². The zero-order valence-corrected chi connectivity index (χ0v) is 12.8. The number of ether oxygens (including phenoxy) is 1. The molecular formula is C15H23ClN2O2. The number of halogens is 1. The standard InChI is InChI=1S/C15H22N2O2.ClH/c1-10-5-3-4-6-13(10)11(2)17-15(18)14-8-7-12(9-16)19-14;/h3-6,11-12,14H,7-9,16H2,1-2H3,(H,17,18);1H/t11?,12-,14+;/m1./s1. The molecule has 4 nitrogen and oxygen atoms in total. The lowest BCUT2D eigenvalue weighted by Crippen LogP contribution is -2.37. The van der Waals surface area contributed by atoms with Crippen LogP contribution in [0.1, 0.15) is 36.9 Å². The Morgan fingerprint density at radius 3 is 2.75 bits per heavy atom. The van der Waals surface area contributed by atoms with Crippen molar-refractivity contribution in [1.29, 1.82) is 0 Å². The zero-order valence-electron chi connectivity index (χ0n) is 12.0. The van der Waals surface area contributed by atoms with Crippen LogP contribution >= 0.6 is 12.4 Å². The first-order chi connectivity index (χ1) is 9.11. The van der Waals surface area contributed by atoms with E-state index in [1.165, 1.54) is 5.56 Å². The van der Waals surface area contributed by atoms with Gasteiger partial charge in [-0.15, -0.1) is 12.4 Å². The fourth-order valence-corrected chi connectivity index (χ4v) is 2.53. The zero-order chi connectivity index (χ0) is 13.8. The Labute approximate surface area is 126 Å². The summed E-state index contributed by atoms with van der Waals surface area (Å²) in [6.07, 6.45) is 1.31. The van der Waals surface area contributed by atoms with Gasteiger partial charge in [0.25, 0.3) is 0 Å². The average molecular weight is 299 g/mol. The minimum atomic E-state index is -0.347. The van der Waals surface area contributed by atoms with Gasteiger partial charge in [0.1, 0.15) is 6.10 Å². The number of carbonyl (C=O) groups is 1. The number of hydrogen-bond acceptors (Lipinski definition) is 3. The second-order valence-corrected chi connectivity index (χ2v) is 5.15. The van der Waals surface area contributed by atoms with Crippen molar-refractivity contribution >= 4 is 18.3 Å². The lowest BCUT2D eigenvalue weighted by Gasteiger charge is -2.19. The summed E-state index contributed by atoms with van der Waals surface area (Å²) in [6.45, 7) is 4.53. The second-order valence-electron chi connectivity index (χ2n) is 5.15. The van der Waals surface area contributed by atoms with Crippen molar-refractivity contribution in [3.63, 3.8) is 0 Å². The SMILES string of the molecule is Cc1ccccc1C(C)NC(=O)[C@@H]1CC[C@H](CN)O1.Cl. The third kappa shape index (κ3) is 3.95. The summed E-state index contributed by atoms with van der Waals surface area (Å²) in [5.74, 6) is -0.0355. The highest BCUT2D eigenvalue weighted by atomic mass is 35.5. The minimum Gasteiger partial charge on any atom is -0.364 e. The highest BCUT2D eigenvalue weighted by molar-refractivity contribution is 5.85. The van der Waals surface area contributed by atoms with Crippen molar-refractivity contribution in [2.75, 3.05) is 6.54 Å². The summed E-state index contributed by atoms with van der Waals surface area (Å²) >= 11 is 0. The largest absolute Gasteiger partial charge is 0.364 e. The lowest BCUT2D eigenvalue weighted by molar-refractivity contribution is -0.132. The number of carbonyl (C=O) groups excluding carboxylic acids is 1. The van der Waals surface area contributed by atoms with E-state index in [-0.39, 0.29) is 36.6 Å². The molecule has 0 aliphatic carbocycles. The van der Waals surface area contributed by atoms with Crippen LogP contribution in [0.2, 0.25) is 0 Å². The van der Waals surface area contributed by atoms with Gasteiger partial charge in [0.2, 0.25) is 5.91 Å². The van der Waals surface area contributed by atoms with E-state index in [2.05, 4.69) is 18.3 Å². The van der Waals surface area contributed by atoms with Crippen molar-refractivity contribution < 1.29 is 9.53 Å². The number of amides is 1. The molecule has 0 saturated carbocycles. The summed E-state index contributed by atoms with van der Waals surface area (Å²) in [5.41, 5.74) is 7.88. The first-order valence-electron chi connectivity index (χ1n) is 6.83. The van der Waals surface area contributed by atoms with Crippen LogP contribution in [0.5, 0.6) is 0 Å². The van der Waals surface area contributed by atoms with Gasteiger partial charge in [0.05, 0.1) is 12.1 Å². The van der Waals surface area contributed by atoms with Crippen LogP contribution in [0.4, 0.5) is 0 Å². The van der Waals surface area contributed by atoms with Crippen LogP contribution in [0, 0.1) is 6.92 Å². The Hall–Kier alpha value is -1.10. The molecule has 1 unspecified atom stereocenters. The number of nitrogens with one attached hydrogen (secondary N) is 1. The molecule has 1 fully saturated rings. The Morgan fingerprint density at radius 1 is 1.45 bits per heavy atom. The molecular weight excluding hydrogens is 276 g/mol. The van der Waals surface area contributed by atoms with Crippen LogP contribution in [0.3, 0.4) is 0 Å². The predicted molar refractivity (Wildman–Crippen MR) is 81.9 cm³/mol. The predicted octanol–water partition coefficient (Wildman–Crippen LogP) is 2.10. The molecule has 112 valence electrons. The summed E-state index contributed by atoms with van der Waals surface area (Å²) in [4.78, 5) is 12.1. The monoisotopic (exact) mass is 298 g/mol. The molecule has 1 heterocycles. The Kier molecular flexibility index (Phi) is 6.46. The molecule has 3 atom stereocenters. The lowest BCUT2D eigenvalue weighted by atomic mass is 10.0. The number of rotatable bonds is 4. The maximum absolute atomic E-state index is 12.1.